The van der Waals surface area contributed by atoms with Gasteiger partial charge in [-0.25, -0.2) is 0 Å². The molecule has 0 amide bonds. The summed E-state index contributed by atoms with van der Waals surface area (Å²) >= 11 is 0. The molecule has 0 N–H and O–H groups in total. The van der Waals surface area contributed by atoms with Crippen LogP contribution in [0.2, 0.25) is 0 Å². The molecule has 0 heterocycles. The van der Waals surface area contributed by atoms with Crippen LogP contribution in [0.25, 0.3) is 0 Å². The van der Waals surface area contributed by atoms with Gasteiger partial charge in [-0.3, -0.25) is 0 Å². The molecular formula is C19H34O3Si. The second-order valence-electron chi connectivity index (χ2n) is 6.24. The summed E-state index contributed by atoms with van der Waals surface area (Å²) in [6, 6.07) is 2.24. The van der Waals surface area contributed by atoms with Gasteiger partial charge in [0, 0.05) is 25.0 Å². The maximum atomic E-state index is 6.34. The average molecular weight is 339 g/mol. The first-order chi connectivity index (χ1) is 10.9. The Morgan fingerprint density at radius 2 is 1.04 bits per heavy atom. The Balaban J connectivity index is 3.46. The normalized spacial score (nSPS) is 12.0. The van der Waals surface area contributed by atoms with E-state index in [1.54, 1.807) is 0 Å². The van der Waals surface area contributed by atoms with Gasteiger partial charge in [-0.15, -0.1) is 0 Å². The highest BCUT2D eigenvalue weighted by Crippen LogP contribution is 2.21. The first kappa shape index (κ1) is 20.4. The van der Waals surface area contributed by atoms with Crippen molar-refractivity contribution in [2.24, 2.45) is 0 Å². The van der Waals surface area contributed by atoms with Crippen LogP contribution >= 0.6 is 0 Å². The zero-order valence-corrected chi connectivity index (χ0v) is 17.0. The minimum Gasteiger partial charge on any atom is -0.370 e. The molecule has 132 valence electrons. The first-order valence-electron chi connectivity index (χ1n) is 8.93. The van der Waals surface area contributed by atoms with Crippen LogP contribution in [-0.2, 0) is 13.3 Å². The summed E-state index contributed by atoms with van der Waals surface area (Å²) < 4.78 is 19.0. The van der Waals surface area contributed by atoms with Crippen molar-refractivity contribution in [3.8, 4) is 0 Å². The highest BCUT2D eigenvalue weighted by atomic mass is 28.4. The number of aryl methyl sites for hydroxylation is 2. The van der Waals surface area contributed by atoms with E-state index in [2.05, 4.69) is 54.5 Å². The van der Waals surface area contributed by atoms with Gasteiger partial charge < -0.3 is 13.3 Å². The van der Waals surface area contributed by atoms with Gasteiger partial charge in [0.15, 0.2) is 0 Å². The summed E-state index contributed by atoms with van der Waals surface area (Å²) in [5.74, 6) is 0. The Kier molecular flexibility index (Phi) is 8.48. The molecule has 0 aromatic heterocycles. The molecule has 1 aromatic carbocycles. The van der Waals surface area contributed by atoms with Crippen LogP contribution in [-0.4, -0.2) is 28.6 Å². The van der Waals surface area contributed by atoms with E-state index in [1.807, 2.05) is 0 Å². The number of benzene rings is 1. The van der Waals surface area contributed by atoms with Gasteiger partial charge in [-0.2, -0.15) is 0 Å². The van der Waals surface area contributed by atoms with Gasteiger partial charge in [-0.05, 0) is 69.2 Å². The Labute approximate surface area is 143 Å². The molecule has 0 aliphatic carbocycles. The van der Waals surface area contributed by atoms with Crippen molar-refractivity contribution in [2.75, 3.05) is 19.8 Å². The van der Waals surface area contributed by atoms with Crippen LogP contribution in [0.3, 0.4) is 0 Å². The third-order valence-corrected chi connectivity index (χ3v) is 7.28. The number of rotatable bonds is 10. The summed E-state index contributed by atoms with van der Waals surface area (Å²) in [5, 5.41) is 1.19. The Morgan fingerprint density at radius 1 is 0.696 bits per heavy atom. The van der Waals surface area contributed by atoms with Crippen molar-refractivity contribution in [1.29, 1.82) is 0 Å². The Hall–Kier alpha value is -0.683. The highest BCUT2D eigenvalue weighted by molar-refractivity contribution is 6.76. The average Bonchev–Trinajstić information content (AvgIpc) is 2.54. The zero-order chi connectivity index (χ0) is 17.5. The first-order valence-corrected chi connectivity index (χ1v) is 10.7. The maximum absolute atomic E-state index is 6.34. The molecule has 0 spiro atoms. The smallest absolute Gasteiger partial charge is 0.370 e. The predicted molar refractivity (Wildman–Crippen MR) is 99.5 cm³/mol. The van der Waals surface area contributed by atoms with E-state index in [1.165, 1.54) is 27.4 Å². The van der Waals surface area contributed by atoms with E-state index in [0.717, 1.165) is 19.3 Å². The molecule has 4 heteroatoms. The van der Waals surface area contributed by atoms with Gasteiger partial charge in [0.25, 0.3) is 0 Å². The molecule has 1 rings (SSSR count). The van der Waals surface area contributed by atoms with Crippen molar-refractivity contribution in [3.63, 3.8) is 0 Å². The second-order valence-corrected chi connectivity index (χ2v) is 8.72. The predicted octanol–water partition coefficient (Wildman–Crippen LogP) is 4.35. The highest BCUT2D eigenvalue weighted by Gasteiger charge is 2.46. The van der Waals surface area contributed by atoms with E-state index in [9.17, 15) is 0 Å². The van der Waals surface area contributed by atoms with Crippen molar-refractivity contribution in [1.82, 2.24) is 0 Å². The van der Waals surface area contributed by atoms with Crippen LogP contribution in [0.1, 0.15) is 62.3 Å². The molecule has 0 atom stereocenters. The quantitative estimate of drug-likeness (QED) is 0.594. The monoisotopic (exact) mass is 338 g/mol. The fourth-order valence-corrected chi connectivity index (χ4v) is 6.14. The topological polar surface area (TPSA) is 27.7 Å². The Morgan fingerprint density at radius 3 is 1.35 bits per heavy atom. The molecule has 0 bridgehead atoms. The molecule has 1 aromatic rings. The minimum atomic E-state index is -2.89. The van der Waals surface area contributed by atoms with Crippen LogP contribution in [0.15, 0.2) is 6.07 Å². The largest absolute Gasteiger partial charge is 0.537 e. The molecule has 0 aliphatic rings. The molecular weight excluding hydrogens is 304 g/mol. The maximum Gasteiger partial charge on any atom is 0.537 e. The standard InChI is InChI=1S/C19H34O3Si/c1-8-11-20-23(21-12-9-2,22-13-10-3)19-17(6)15(4)14-16(5)18(19)7/h14H,8-13H2,1-7H3. The summed E-state index contributed by atoms with van der Waals surface area (Å²) in [6.07, 6.45) is 2.88. The van der Waals surface area contributed by atoms with Crippen LogP contribution in [0, 0.1) is 27.7 Å². The molecule has 0 saturated carbocycles. The van der Waals surface area contributed by atoms with E-state index < -0.39 is 8.80 Å². The van der Waals surface area contributed by atoms with Gasteiger partial charge in [0.2, 0.25) is 0 Å². The van der Waals surface area contributed by atoms with Crippen molar-refractivity contribution in [3.05, 3.63) is 28.3 Å². The van der Waals surface area contributed by atoms with E-state index in [-0.39, 0.29) is 0 Å². The van der Waals surface area contributed by atoms with Crippen LogP contribution < -0.4 is 5.19 Å². The fraction of sp³-hybridized carbons (Fsp3) is 0.684. The van der Waals surface area contributed by atoms with Crippen LogP contribution in [0.4, 0.5) is 0 Å². The van der Waals surface area contributed by atoms with Crippen LogP contribution in [0.5, 0.6) is 0 Å². The summed E-state index contributed by atoms with van der Waals surface area (Å²) in [4.78, 5) is 0. The summed E-state index contributed by atoms with van der Waals surface area (Å²) in [6.45, 7) is 17.0. The third-order valence-electron chi connectivity index (χ3n) is 4.16. The molecule has 3 nitrogen and oxygen atoms in total. The van der Waals surface area contributed by atoms with Gasteiger partial charge in [0.05, 0.1) is 0 Å². The zero-order valence-electron chi connectivity index (χ0n) is 16.0. The fourth-order valence-electron chi connectivity index (χ4n) is 2.73. The SMILES string of the molecule is CCCO[Si](OCCC)(OCCC)c1c(C)c(C)cc(C)c1C. The molecule has 0 aliphatic heterocycles. The van der Waals surface area contributed by atoms with Crippen molar-refractivity contribution >= 4 is 14.0 Å². The third kappa shape index (κ3) is 4.89. The molecule has 23 heavy (non-hydrogen) atoms. The lowest BCUT2D eigenvalue weighted by Gasteiger charge is -2.33. The van der Waals surface area contributed by atoms with Crippen molar-refractivity contribution in [2.45, 2.75) is 67.7 Å². The van der Waals surface area contributed by atoms with E-state index in [0.29, 0.717) is 19.8 Å². The summed E-state index contributed by atoms with van der Waals surface area (Å²) in [7, 11) is -2.89. The number of hydrogen-bond donors (Lipinski definition) is 0. The lowest BCUT2D eigenvalue weighted by molar-refractivity contribution is 0.0729. The summed E-state index contributed by atoms with van der Waals surface area (Å²) in [5.41, 5.74) is 5.06. The van der Waals surface area contributed by atoms with Gasteiger partial charge in [0.1, 0.15) is 0 Å². The lowest BCUT2D eigenvalue weighted by Crippen LogP contribution is -2.59. The molecule has 0 fully saturated rings. The molecule has 0 saturated heterocycles. The van der Waals surface area contributed by atoms with E-state index >= 15 is 0 Å². The molecule has 0 unspecified atom stereocenters. The Bertz CT molecular complexity index is 452. The lowest BCUT2D eigenvalue weighted by atomic mass is 10.0. The number of hydrogen-bond acceptors (Lipinski definition) is 3. The second kappa shape index (κ2) is 9.57. The van der Waals surface area contributed by atoms with Gasteiger partial charge >= 0.3 is 8.80 Å². The minimum absolute atomic E-state index is 0.672. The van der Waals surface area contributed by atoms with E-state index in [4.69, 9.17) is 13.3 Å². The van der Waals surface area contributed by atoms with Gasteiger partial charge in [-0.1, -0.05) is 26.8 Å². The van der Waals surface area contributed by atoms with Crippen molar-refractivity contribution < 1.29 is 13.3 Å². The molecule has 0 radical (unpaired) electrons.